The Balaban J connectivity index is 1.81. The van der Waals surface area contributed by atoms with Crippen LogP contribution < -0.4 is 4.74 Å². The summed E-state index contributed by atoms with van der Waals surface area (Å²) in [4.78, 5) is 13.0. The van der Waals surface area contributed by atoms with Crippen molar-refractivity contribution in [3.8, 4) is 17.2 Å². The SMILES string of the molecule is C=CCN(/N=C/c1cc(Br)c(O)c(Br)c1)C(=O)c1cccc(Oc2ccccc2)c1. The Morgan fingerprint density at radius 3 is 2.37 bits per heavy atom. The average molecular weight is 530 g/mol. The molecule has 0 aromatic heterocycles. The topological polar surface area (TPSA) is 62.1 Å². The van der Waals surface area contributed by atoms with Crippen LogP contribution in [0.3, 0.4) is 0 Å². The maximum absolute atomic E-state index is 13.0. The van der Waals surface area contributed by atoms with Gasteiger partial charge in [0, 0.05) is 5.56 Å². The van der Waals surface area contributed by atoms with E-state index >= 15 is 0 Å². The Kier molecular flexibility index (Phi) is 7.43. The first kappa shape index (κ1) is 21.8. The third kappa shape index (κ3) is 5.58. The van der Waals surface area contributed by atoms with E-state index in [1.165, 1.54) is 5.01 Å². The third-order valence-electron chi connectivity index (χ3n) is 3.98. The third-order valence-corrected chi connectivity index (χ3v) is 5.19. The van der Waals surface area contributed by atoms with Crippen LogP contribution in [0.1, 0.15) is 15.9 Å². The maximum atomic E-state index is 13.0. The van der Waals surface area contributed by atoms with E-state index in [0.717, 1.165) is 0 Å². The molecule has 30 heavy (non-hydrogen) atoms. The number of halogens is 2. The lowest BCUT2D eigenvalue weighted by Crippen LogP contribution is -2.26. The van der Waals surface area contributed by atoms with E-state index in [1.807, 2.05) is 30.3 Å². The van der Waals surface area contributed by atoms with E-state index in [2.05, 4.69) is 43.5 Å². The Morgan fingerprint density at radius 1 is 1.03 bits per heavy atom. The summed E-state index contributed by atoms with van der Waals surface area (Å²) < 4.78 is 6.85. The molecule has 1 N–H and O–H groups in total. The van der Waals surface area contributed by atoms with Gasteiger partial charge in [0.05, 0.1) is 21.7 Å². The largest absolute Gasteiger partial charge is 0.506 e. The lowest BCUT2D eigenvalue weighted by Gasteiger charge is -2.16. The number of benzene rings is 3. The molecule has 0 unspecified atom stereocenters. The van der Waals surface area contributed by atoms with E-state index in [0.29, 0.717) is 31.6 Å². The Morgan fingerprint density at radius 2 is 1.70 bits per heavy atom. The summed E-state index contributed by atoms with van der Waals surface area (Å²) in [5.74, 6) is 1.05. The second kappa shape index (κ2) is 10.2. The predicted molar refractivity (Wildman–Crippen MR) is 125 cm³/mol. The molecular formula is C23H18Br2N2O3. The number of hydrogen-bond acceptors (Lipinski definition) is 4. The van der Waals surface area contributed by atoms with Crippen LogP contribution in [0.2, 0.25) is 0 Å². The van der Waals surface area contributed by atoms with Gasteiger partial charge in [-0.3, -0.25) is 4.79 Å². The number of phenols is 1. The first-order valence-electron chi connectivity index (χ1n) is 8.95. The molecule has 0 radical (unpaired) electrons. The van der Waals surface area contributed by atoms with Crippen LogP contribution in [0, 0.1) is 0 Å². The summed E-state index contributed by atoms with van der Waals surface area (Å²) in [6.07, 6.45) is 3.14. The molecule has 3 rings (SSSR count). The van der Waals surface area contributed by atoms with Gasteiger partial charge in [-0.05, 0) is 79.9 Å². The van der Waals surface area contributed by atoms with E-state index in [9.17, 15) is 9.90 Å². The number of para-hydroxylation sites is 1. The highest BCUT2D eigenvalue weighted by Gasteiger charge is 2.15. The molecule has 3 aromatic carbocycles. The fraction of sp³-hybridized carbons (Fsp3) is 0.0435. The number of amides is 1. The summed E-state index contributed by atoms with van der Waals surface area (Å²) in [6.45, 7) is 3.94. The monoisotopic (exact) mass is 528 g/mol. The van der Waals surface area contributed by atoms with Gasteiger partial charge in [-0.1, -0.05) is 30.3 Å². The molecule has 152 valence electrons. The minimum atomic E-state index is -0.290. The zero-order valence-corrected chi connectivity index (χ0v) is 19.0. The molecule has 0 saturated carbocycles. The highest BCUT2D eigenvalue weighted by molar-refractivity contribution is 9.11. The molecule has 0 heterocycles. The molecule has 0 atom stereocenters. The van der Waals surface area contributed by atoms with E-state index < -0.39 is 0 Å². The van der Waals surface area contributed by atoms with Crippen molar-refractivity contribution in [1.82, 2.24) is 5.01 Å². The van der Waals surface area contributed by atoms with Gasteiger partial charge in [0.15, 0.2) is 0 Å². The number of aromatic hydroxyl groups is 1. The standard InChI is InChI=1S/C23H18Br2N2O3/c1-2-11-27(26-15-16-12-20(24)22(28)21(25)13-16)23(29)17-7-6-10-19(14-17)30-18-8-4-3-5-9-18/h2-10,12-15,28H,1,11H2/b26-15+. The van der Waals surface area contributed by atoms with Gasteiger partial charge in [0.2, 0.25) is 0 Å². The molecule has 0 aliphatic heterocycles. The predicted octanol–water partition coefficient (Wildman–Crippen LogP) is 6.37. The second-order valence-corrected chi connectivity index (χ2v) is 7.91. The van der Waals surface area contributed by atoms with Gasteiger partial charge < -0.3 is 9.84 Å². The highest BCUT2D eigenvalue weighted by atomic mass is 79.9. The van der Waals surface area contributed by atoms with E-state index in [1.54, 1.807) is 48.7 Å². The summed E-state index contributed by atoms with van der Waals surface area (Å²) in [6, 6.07) is 19.7. The molecule has 0 fully saturated rings. The van der Waals surface area contributed by atoms with Crippen LogP contribution in [0.5, 0.6) is 17.2 Å². The van der Waals surface area contributed by atoms with Gasteiger partial charge in [-0.2, -0.15) is 5.10 Å². The van der Waals surface area contributed by atoms with Crippen molar-refractivity contribution in [2.24, 2.45) is 5.10 Å². The zero-order chi connectivity index (χ0) is 21.5. The molecule has 0 aliphatic carbocycles. The summed E-state index contributed by atoms with van der Waals surface area (Å²) in [5.41, 5.74) is 1.14. The Bertz CT molecular complexity index is 1060. The summed E-state index contributed by atoms with van der Waals surface area (Å²) in [7, 11) is 0. The van der Waals surface area contributed by atoms with E-state index in [-0.39, 0.29) is 18.2 Å². The van der Waals surface area contributed by atoms with Crippen LogP contribution >= 0.6 is 31.9 Å². The lowest BCUT2D eigenvalue weighted by molar-refractivity contribution is 0.0779. The van der Waals surface area contributed by atoms with Crippen molar-refractivity contribution in [2.75, 3.05) is 6.54 Å². The quantitative estimate of drug-likeness (QED) is 0.220. The number of hydrogen-bond donors (Lipinski definition) is 1. The number of ether oxygens (including phenoxy) is 1. The number of carbonyl (C=O) groups is 1. The van der Waals surface area contributed by atoms with Crippen LogP contribution in [0.25, 0.3) is 0 Å². The van der Waals surface area contributed by atoms with Gasteiger partial charge in [-0.15, -0.1) is 6.58 Å². The zero-order valence-electron chi connectivity index (χ0n) is 15.8. The molecule has 0 saturated heterocycles. The Labute approximate surface area is 191 Å². The summed E-state index contributed by atoms with van der Waals surface area (Å²) in [5, 5.41) is 15.5. The first-order valence-corrected chi connectivity index (χ1v) is 10.5. The normalized spacial score (nSPS) is 10.7. The second-order valence-electron chi connectivity index (χ2n) is 6.20. The van der Waals surface area contributed by atoms with Gasteiger partial charge >= 0.3 is 0 Å². The van der Waals surface area contributed by atoms with Crippen molar-refractivity contribution in [2.45, 2.75) is 0 Å². The fourth-order valence-electron chi connectivity index (χ4n) is 2.57. The highest BCUT2D eigenvalue weighted by Crippen LogP contribution is 2.32. The van der Waals surface area contributed by atoms with Crippen LogP contribution in [-0.4, -0.2) is 28.8 Å². The molecule has 0 bridgehead atoms. The number of phenolic OH excluding ortho intramolecular Hbond substituents is 1. The molecule has 0 spiro atoms. The summed E-state index contributed by atoms with van der Waals surface area (Å²) >= 11 is 6.57. The number of nitrogens with zero attached hydrogens (tertiary/aromatic N) is 2. The molecular weight excluding hydrogens is 512 g/mol. The van der Waals surface area contributed by atoms with Crippen molar-refractivity contribution < 1.29 is 14.6 Å². The van der Waals surface area contributed by atoms with Crippen LogP contribution in [-0.2, 0) is 0 Å². The first-order chi connectivity index (χ1) is 14.5. The van der Waals surface area contributed by atoms with Crippen molar-refractivity contribution in [1.29, 1.82) is 0 Å². The van der Waals surface area contributed by atoms with Crippen LogP contribution in [0.4, 0.5) is 0 Å². The number of carbonyl (C=O) groups excluding carboxylic acids is 1. The average Bonchev–Trinajstić information content (AvgIpc) is 2.75. The van der Waals surface area contributed by atoms with Crippen LogP contribution in [0.15, 0.2) is 93.4 Å². The smallest absolute Gasteiger partial charge is 0.274 e. The number of hydrazone groups is 1. The van der Waals surface area contributed by atoms with Crippen molar-refractivity contribution in [3.05, 3.63) is 99.5 Å². The van der Waals surface area contributed by atoms with Gasteiger partial charge in [0.1, 0.15) is 17.2 Å². The molecule has 0 aliphatic rings. The Hall–Kier alpha value is -2.90. The van der Waals surface area contributed by atoms with Gasteiger partial charge in [-0.25, -0.2) is 5.01 Å². The molecule has 7 heteroatoms. The minimum Gasteiger partial charge on any atom is -0.506 e. The molecule has 3 aromatic rings. The number of rotatable bonds is 7. The fourth-order valence-corrected chi connectivity index (χ4v) is 3.79. The lowest BCUT2D eigenvalue weighted by atomic mass is 10.2. The maximum Gasteiger partial charge on any atom is 0.274 e. The van der Waals surface area contributed by atoms with E-state index in [4.69, 9.17) is 4.74 Å². The van der Waals surface area contributed by atoms with Crippen molar-refractivity contribution >= 4 is 44.0 Å². The molecule has 1 amide bonds. The van der Waals surface area contributed by atoms with Crippen molar-refractivity contribution in [3.63, 3.8) is 0 Å². The minimum absolute atomic E-state index is 0.0985. The van der Waals surface area contributed by atoms with Gasteiger partial charge in [0.25, 0.3) is 5.91 Å². The molecule has 5 nitrogen and oxygen atoms in total.